The molecule has 0 bridgehead atoms. The summed E-state index contributed by atoms with van der Waals surface area (Å²) in [4.78, 5) is 16.2. The summed E-state index contributed by atoms with van der Waals surface area (Å²) in [6.45, 7) is 2.77. The molecule has 0 N–H and O–H groups in total. The van der Waals surface area contributed by atoms with Crippen LogP contribution in [0.1, 0.15) is 39.0 Å². The van der Waals surface area contributed by atoms with Crippen LogP contribution in [-0.2, 0) is 16.1 Å². The fraction of sp³-hybridized carbons (Fsp3) is 0.529. The number of thioether (sulfide) groups is 1. The zero-order valence-corrected chi connectivity index (χ0v) is 14.7. The molecule has 6 nitrogen and oxygen atoms in total. The number of hydrogen-bond acceptors (Lipinski definition) is 6. The Bertz CT molecular complexity index is 668. The molecule has 128 valence electrons. The summed E-state index contributed by atoms with van der Waals surface area (Å²) in [5.41, 5.74) is 0.920. The molecule has 2 aromatic heterocycles. The molecule has 7 heteroatoms. The van der Waals surface area contributed by atoms with Crippen molar-refractivity contribution in [1.82, 2.24) is 19.7 Å². The molecule has 0 aliphatic heterocycles. The van der Waals surface area contributed by atoms with Crippen molar-refractivity contribution in [1.29, 1.82) is 0 Å². The Morgan fingerprint density at radius 2 is 2.17 bits per heavy atom. The fourth-order valence-electron chi connectivity index (χ4n) is 2.92. The van der Waals surface area contributed by atoms with Gasteiger partial charge in [0.25, 0.3) is 0 Å². The lowest BCUT2D eigenvalue weighted by Crippen LogP contribution is -2.22. The van der Waals surface area contributed by atoms with Gasteiger partial charge in [-0.2, -0.15) is 0 Å². The Morgan fingerprint density at radius 3 is 2.88 bits per heavy atom. The van der Waals surface area contributed by atoms with Crippen molar-refractivity contribution in [2.24, 2.45) is 0 Å². The van der Waals surface area contributed by atoms with E-state index in [0.717, 1.165) is 48.8 Å². The third-order valence-electron chi connectivity index (χ3n) is 4.12. The van der Waals surface area contributed by atoms with Gasteiger partial charge in [0.05, 0.1) is 5.75 Å². The van der Waals surface area contributed by atoms with Crippen molar-refractivity contribution in [3.63, 3.8) is 0 Å². The summed E-state index contributed by atoms with van der Waals surface area (Å²) >= 11 is 1.38. The lowest BCUT2D eigenvalue weighted by molar-refractivity contribution is -0.147. The second-order valence-electron chi connectivity index (χ2n) is 5.83. The summed E-state index contributed by atoms with van der Waals surface area (Å²) in [5, 5.41) is 9.21. The number of pyridine rings is 1. The van der Waals surface area contributed by atoms with Gasteiger partial charge in [-0.25, -0.2) is 0 Å². The van der Waals surface area contributed by atoms with Gasteiger partial charge < -0.3 is 9.30 Å². The summed E-state index contributed by atoms with van der Waals surface area (Å²) in [5.74, 6) is 0.871. The smallest absolute Gasteiger partial charge is 0.316 e. The van der Waals surface area contributed by atoms with Gasteiger partial charge >= 0.3 is 5.97 Å². The van der Waals surface area contributed by atoms with Gasteiger partial charge in [-0.15, -0.1) is 10.2 Å². The summed E-state index contributed by atoms with van der Waals surface area (Å²) < 4.78 is 7.55. The van der Waals surface area contributed by atoms with Crippen LogP contribution >= 0.6 is 11.8 Å². The van der Waals surface area contributed by atoms with Crippen LogP contribution in [0.4, 0.5) is 0 Å². The lowest BCUT2D eigenvalue weighted by atomic mass is 9.98. The molecule has 0 amide bonds. The largest absolute Gasteiger partial charge is 0.462 e. The molecule has 0 atom stereocenters. The normalized spacial score (nSPS) is 15.4. The van der Waals surface area contributed by atoms with Gasteiger partial charge in [0, 0.05) is 24.5 Å². The third kappa shape index (κ3) is 4.14. The number of nitrogens with zero attached hydrogens (tertiary/aromatic N) is 4. The predicted octanol–water partition coefficient (Wildman–Crippen LogP) is 3.33. The predicted molar refractivity (Wildman–Crippen MR) is 92.6 cm³/mol. The zero-order chi connectivity index (χ0) is 16.8. The molecule has 2 aromatic rings. The minimum atomic E-state index is -0.166. The van der Waals surface area contributed by atoms with Crippen molar-refractivity contribution in [3.8, 4) is 11.4 Å². The van der Waals surface area contributed by atoms with Crippen molar-refractivity contribution in [2.45, 2.75) is 56.8 Å². The average molecular weight is 346 g/mol. The number of carbonyl (C=O) groups excluding carboxylic acids is 1. The van der Waals surface area contributed by atoms with E-state index in [9.17, 15) is 4.79 Å². The first-order valence-electron chi connectivity index (χ1n) is 8.43. The maximum atomic E-state index is 12.1. The quantitative estimate of drug-likeness (QED) is 0.590. The molecule has 2 heterocycles. The molecule has 1 fully saturated rings. The highest BCUT2D eigenvalue weighted by molar-refractivity contribution is 7.99. The number of esters is 1. The van der Waals surface area contributed by atoms with E-state index in [1.165, 1.54) is 18.2 Å². The van der Waals surface area contributed by atoms with Gasteiger partial charge in [0.2, 0.25) is 0 Å². The number of hydrogen-bond donors (Lipinski definition) is 0. The SMILES string of the molecule is CCn1c(SCC(=O)OC2CCCCC2)nnc1-c1cccnc1. The lowest BCUT2D eigenvalue weighted by Gasteiger charge is -2.21. The highest BCUT2D eigenvalue weighted by Gasteiger charge is 2.19. The highest BCUT2D eigenvalue weighted by atomic mass is 32.2. The highest BCUT2D eigenvalue weighted by Crippen LogP contribution is 2.25. The molecule has 24 heavy (non-hydrogen) atoms. The zero-order valence-electron chi connectivity index (χ0n) is 13.9. The summed E-state index contributed by atoms with van der Waals surface area (Å²) in [7, 11) is 0. The van der Waals surface area contributed by atoms with Crippen LogP contribution in [0.25, 0.3) is 11.4 Å². The van der Waals surface area contributed by atoms with E-state index in [-0.39, 0.29) is 17.8 Å². The van der Waals surface area contributed by atoms with E-state index >= 15 is 0 Å². The molecular weight excluding hydrogens is 324 g/mol. The molecule has 0 aromatic carbocycles. The first-order chi connectivity index (χ1) is 11.8. The molecule has 1 aliphatic carbocycles. The topological polar surface area (TPSA) is 69.9 Å². The molecular formula is C17H22N4O2S. The van der Waals surface area contributed by atoms with Crippen molar-refractivity contribution in [3.05, 3.63) is 24.5 Å². The Morgan fingerprint density at radius 1 is 1.33 bits per heavy atom. The van der Waals surface area contributed by atoms with Crippen molar-refractivity contribution in [2.75, 3.05) is 5.75 Å². The van der Waals surface area contributed by atoms with Gasteiger partial charge in [-0.05, 0) is 44.7 Å². The van der Waals surface area contributed by atoms with Gasteiger partial charge in [-0.3, -0.25) is 9.78 Å². The van der Waals surface area contributed by atoms with Crippen LogP contribution in [0.3, 0.4) is 0 Å². The molecule has 1 aliphatic rings. The van der Waals surface area contributed by atoms with Crippen LogP contribution in [0.2, 0.25) is 0 Å². The van der Waals surface area contributed by atoms with Crippen LogP contribution in [0, 0.1) is 0 Å². The van der Waals surface area contributed by atoms with Crippen LogP contribution in [0.5, 0.6) is 0 Å². The number of rotatable bonds is 6. The molecule has 0 spiro atoms. The van der Waals surface area contributed by atoms with E-state index in [1.807, 2.05) is 23.6 Å². The number of carbonyl (C=O) groups is 1. The van der Waals surface area contributed by atoms with Gasteiger partial charge in [-0.1, -0.05) is 18.2 Å². The van der Waals surface area contributed by atoms with Crippen LogP contribution < -0.4 is 0 Å². The van der Waals surface area contributed by atoms with E-state index < -0.39 is 0 Å². The Labute approximate surface area is 146 Å². The first-order valence-corrected chi connectivity index (χ1v) is 9.42. The van der Waals surface area contributed by atoms with Gasteiger partial charge in [0.1, 0.15) is 6.10 Å². The maximum absolute atomic E-state index is 12.1. The number of ether oxygens (including phenoxy) is 1. The molecule has 1 saturated carbocycles. The minimum absolute atomic E-state index is 0.0989. The van der Waals surface area contributed by atoms with E-state index in [2.05, 4.69) is 15.2 Å². The molecule has 0 unspecified atom stereocenters. The second-order valence-corrected chi connectivity index (χ2v) is 6.77. The summed E-state index contributed by atoms with van der Waals surface area (Å²) in [6.07, 6.45) is 9.14. The van der Waals surface area contributed by atoms with Crippen LogP contribution in [0.15, 0.2) is 29.7 Å². The fourth-order valence-corrected chi connectivity index (χ4v) is 3.70. The van der Waals surface area contributed by atoms with E-state index in [1.54, 1.807) is 12.4 Å². The third-order valence-corrected chi connectivity index (χ3v) is 5.06. The second kappa shape index (κ2) is 8.28. The van der Waals surface area contributed by atoms with Crippen molar-refractivity contribution < 1.29 is 9.53 Å². The first kappa shape index (κ1) is 17.0. The summed E-state index contributed by atoms with van der Waals surface area (Å²) in [6, 6.07) is 3.83. The van der Waals surface area contributed by atoms with E-state index in [4.69, 9.17) is 4.74 Å². The van der Waals surface area contributed by atoms with Gasteiger partial charge in [0.15, 0.2) is 11.0 Å². The average Bonchev–Trinajstić information content (AvgIpc) is 3.04. The Hall–Kier alpha value is -1.89. The van der Waals surface area contributed by atoms with Crippen molar-refractivity contribution >= 4 is 17.7 Å². The Kier molecular flexibility index (Phi) is 5.85. The molecule has 3 rings (SSSR count). The maximum Gasteiger partial charge on any atom is 0.316 e. The molecule has 0 saturated heterocycles. The van der Waals surface area contributed by atoms with E-state index in [0.29, 0.717) is 0 Å². The standard InChI is InChI=1S/C17H22N4O2S/c1-2-21-16(13-7-6-10-18-11-13)19-20-17(21)24-12-15(22)23-14-8-4-3-5-9-14/h6-7,10-11,14H,2-5,8-9,12H2,1H3. The minimum Gasteiger partial charge on any atom is -0.462 e. The van der Waals surface area contributed by atoms with Crippen LogP contribution in [-0.4, -0.2) is 37.6 Å². The monoisotopic (exact) mass is 346 g/mol. The Balaban J connectivity index is 1.61. The number of aromatic nitrogens is 4. The molecule has 0 radical (unpaired) electrons.